The Morgan fingerprint density at radius 3 is 2.52 bits per heavy atom. The number of pyridine rings is 2. The summed E-state index contributed by atoms with van der Waals surface area (Å²) in [5, 5.41) is 1.42. The highest BCUT2D eigenvalue weighted by Gasteiger charge is 2.28. The van der Waals surface area contributed by atoms with Gasteiger partial charge in [-0.15, -0.1) is 0 Å². The number of aromatic nitrogens is 2. The van der Waals surface area contributed by atoms with Crippen LogP contribution in [0, 0.1) is 11.8 Å². The lowest BCUT2D eigenvalue weighted by Crippen LogP contribution is -2.44. The van der Waals surface area contributed by atoms with E-state index in [1.807, 2.05) is 29.2 Å². The summed E-state index contributed by atoms with van der Waals surface area (Å²) in [6.07, 6.45) is 2.77. The van der Waals surface area contributed by atoms with E-state index in [4.69, 9.17) is 11.6 Å². The second-order valence-corrected chi connectivity index (χ2v) is 8.58. The Morgan fingerprint density at radius 1 is 1.14 bits per heavy atom. The molecule has 0 aliphatic carbocycles. The number of piperidine rings is 1. The molecule has 1 saturated heterocycles. The second kappa shape index (κ2) is 7.99. The van der Waals surface area contributed by atoms with Gasteiger partial charge in [-0.3, -0.25) is 14.2 Å². The molecular formula is C23H24ClN3O2. The Labute approximate surface area is 174 Å². The van der Waals surface area contributed by atoms with Crippen LogP contribution >= 0.6 is 11.6 Å². The molecule has 6 heteroatoms. The first-order valence-corrected chi connectivity index (χ1v) is 10.3. The fourth-order valence-corrected chi connectivity index (χ4v) is 4.40. The van der Waals surface area contributed by atoms with Gasteiger partial charge in [-0.2, -0.15) is 0 Å². The molecule has 0 spiro atoms. The molecule has 29 heavy (non-hydrogen) atoms. The normalized spacial score (nSPS) is 19.5. The molecule has 2 atom stereocenters. The lowest BCUT2D eigenvalue weighted by Gasteiger charge is -2.35. The summed E-state index contributed by atoms with van der Waals surface area (Å²) in [6.45, 7) is 6.01. The summed E-state index contributed by atoms with van der Waals surface area (Å²) in [5.74, 6) is 0.672. The first-order valence-electron chi connectivity index (χ1n) is 9.94. The van der Waals surface area contributed by atoms with Crippen LogP contribution in [0.2, 0.25) is 5.02 Å². The second-order valence-electron chi connectivity index (χ2n) is 8.15. The first-order chi connectivity index (χ1) is 13.9. The number of amides is 1. The van der Waals surface area contributed by atoms with Crippen LogP contribution in [0.1, 0.15) is 36.2 Å². The molecule has 3 heterocycles. The van der Waals surface area contributed by atoms with Gasteiger partial charge >= 0.3 is 0 Å². The molecule has 150 valence electrons. The fourth-order valence-electron chi connectivity index (χ4n) is 4.28. The maximum absolute atomic E-state index is 13.4. The quantitative estimate of drug-likeness (QED) is 0.650. The zero-order valence-electron chi connectivity index (χ0n) is 16.6. The highest BCUT2D eigenvalue weighted by molar-refractivity contribution is 6.30. The van der Waals surface area contributed by atoms with Crippen molar-refractivity contribution in [3.05, 3.63) is 75.2 Å². The molecule has 3 aromatic rings. The number of likely N-dealkylation sites (tertiary alicyclic amines) is 1. The van der Waals surface area contributed by atoms with E-state index in [1.54, 1.807) is 29.0 Å². The molecule has 1 fully saturated rings. The summed E-state index contributed by atoms with van der Waals surface area (Å²) < 4.78 is 1.59. The van der Waals surface area contributed by atoms with E-state index in [9.17, 15) is 9.59 Å². The van der Waals surface area contributed by atoms with Gasteiger partial charge in [0.2, 0.25) is 0 Å². The molecule has 0 radical (unpaired) electrons. The van der Waals surface area contributed by atoms with Crippen molar-refractivity contribution in [2.75, 3.05) is 13.1 Å². The summed E-state index contributed by atoms with van der Waals surface area (Å²) in [4.78, 5) is 32.9. The van der Waals surface area contributed by atoms with E-state index in [0.717, 1.165) is 17.4 Å². The average molecular weight is 410 g/mol. The molecule has 0 unspecified atom stereocenters. The number of carbonyl (C=O) groups excluding carboxylic acids is 1. The number of hydrogen-bond acceptors (Lipinski definition) is 3. The molecule has 0 N–H and O–H groups in total. The van der Waals surface area contributed by atoms with Gasteiger partial charge in [-0.25, -0.2) is 4.98 Å². The van der Waals surface area contributed by atoms with Gasteiger partial charge in [0.1, 0.15) is 11.2 Å². The van der Waals surface area contributed by atoms with Gasteiger partial charge < -0.3 is 4.90 Å². The Hall–Kier alpha value is -2.66. The number of benzene rings is 1. The highest BCUT2D eigenvalue weighted by atomic mass is 35.5. The van der Waals surface area contributed by atoms with Crippen molar-refractivity contribution in [2.24, 2.45) is 11.8 Å². The molecule has 0 bridgehead atoms. The summed E-state index contributed by atoms with van der Waals surface area (Å²) in [5.41, 5.74) is 1.40. The van der Waals surface area contributed by atoms with E-state index in [2.05, 4.69) is 18.8 Å². The van der Waals surface area contributed by atoms with Gasteiger partial charge in [0, 0.05) is 29.7 Å². The molecule has 1 aliphatic heterocycles. The van der Waals surface area contributed by atoms with Crippen LogP contribution in [0.15, 0.2) is 53.5 Å². The number of carbonyl (C=O) groups is 1. The van der Waals surface area contributed by atoms with Gasteiger partial charge in [-0.05, 0) is 54.2 Å². The molecule has 0 saturated carbocycles. The van der Waals surface area contributed by atoms with Crippen molar-refractivity contribution in [3.63, 3.8) is 0 Å². The van der Waals surface area contributed by atoms with Crippen LogP contribution in [-0.2, 0) is 6.54 Å². The van der Waals surface area contributed by atoms with Crippen molar-refractivity contribution >= 4 is 28.5 Å². The Balaban J connectivity index is 1.79. The number of nitrogens with zero attached hydrogens (tertiary/aromatic N) is 3. The first kappa shape index (κ1) is 19.6. The van der Waals surface area contributed by atoms with Crippen molar-refractivity contribution in [1.82, 2.24) is 14.5 Å². The van der Waals surface area contributed by atoms with Gasteiger partial charge in [0.15, 0.2) is 0 Å². The van der Waals surface area contributed by atoms with Gasteiger partial charge in [0.05, 0.1) is 6.54 Å². The summed E-state index contributed by atoms with van der Waals surface area (Å²) in [6, 6.07) is 12.7. The summed E-state index contributed by atoms with van der Waals surface area (Å²) in [7, 11) is 0. The minimum Gasteiger partial charge on any atom is -0.338 e. The molecule has 4 rings (SSSR count). The molecule has 5 nitrogen and oxygen atoms in total. The van der Waals surface area contributed by atoms with Crippen LogP contribution in [0.5, 0.6) is 0 Å². The molecular weight excluding hydrogens is 386 g/mol. The van der Waals surface area contributed by atoms with E-state index < -0.39 is 0 Å². The average Bonchev–Trinajstić information content (AvgIpc) is 2.70. The highest BCUT2D eigenvalue weighted by Crippen LogP contribution is 2.23. The fraction of sp³-hybridized carbons (Fsp3) is 0.348. The molecule has 1 aliphatic rings. The van der Waals surface area contributed by atoms with Crippen molar-refractivity contribution in [1.29, 1.82) is 0 Å². The minimum atomic E-state index is -0.304. The van der Waals surface area contributed by atoms with Crippen LogP contribution in [0.4, 0.5) is 0 Å². The van der Waals surface area contributed by atoms with Crippen molar-refractivity contribution in [3.8, 4) is 0 Å². The van der Waals surface area contributed by atoms with Crippen LogP contribution in [-0.4, -0.2) is 33.4 Å². The zero-order valence-corrected chi connectivity index (χ0v) is 17.4. The molecule has 1 aromatic carbocycles. The largest absolute Gasteiger partial charge is 0.338 e. The SMILES string of the molecule is C[C@@H]1C[C@H](C)CN(C(=O)c2cc3cccnc3n(Cc3ccc(Cl)cc3)c2=O)C1. The third-order valence-corrected chi connectivity index (χ3v) is 5.74. The Bertz CT molecular complexity index is 1100. The Kier molecular flexibility index (Phi) is 5.41. The van der Waals surface area contributed by atoms with E-state index in [-0.39, 0.29) is 17.0 Å². The number of fused-ring (bicyclic) bond motifs is 1. The Morgan fingerprint density at radius 2 is 1.83 bits per heavy atom. The standard InChI is InChI=1S/C23H24ClN3O2/c1-15-10-16(2)13-26(12-15)22(28)20-11-18-4-3-9-25-21(18)27(23(20)29)14-17-5-7-19(24)8-6-17/h3-9,11,15-16H,10,12-14H2,1-2H3/t15-,16+. The topological polar surface area (TPSA) is 55.2 Å². The maximum Gasteiger partial charge on any atom is 0.265 e. The van der Waals surface area contributed by atoms with Crippen LogP contribution in [0.25, 0.3) is 11.0 Å². The van der Waals surface area contributed by atoms with Crippen LogP contribution < -0.4 is 5.56 Å². The van der Waals surface area contributed by atoms with Gasteiger partial charge in [0.25, 0.3) is 11.5 Å². The smallest absolute Gasteiger partial charge is 0.265 e. The van der Waals surface area contributed by atoms with Crippen molar-refractivity contribution < 1.29 is 4.79 Å². The monoisotopic (exact) mass is 409 g/mol. The van der Waals surface area contributed by atoms with Crippen LogP contribution in [0.3, 0.4) is 0 Å². The predicted molar refractivity (Wildman–Crippen MR) is 115 cm³/mol. The minimum absolute atomic E-state index is 0.191. The summed E-state index contributed by atoms with van der Waals surface area (Å²) >= 11 is 5.99. The number of hydrogen-bond donors (Lipinski definition) is 0. The maximum atomic E-state index is 13.4. The molecule has 1 amide bonds. The third-order valence-electron chi connectivity index (χ3n) is 5.49. The number of halogens is 1. The zero-order chi connectivity index (χ0) is 20.5. The van der Waals surface area contributed by atoms with Crippen molar-refractivity contribution in [2.45, 2.75) is 26.8 Å². The lowest BCUT2D eigenvalue weighted by atomic mass is 9.91. The third kappa shape index (κ3) is 4.06. The van der Waals surface area contributed by atoms with Gasteiger partial charge in [-0.1, -0.05) is 37.6 Å². The van der Waals surface area contributed by atoms with E-state index in [0.29, 0.717) is 42.1 Å². The molecule has 2 aromatic heterocycles. The predicted octanol–water partition coefficient (Wildman–Crippen LogP) is 4.22. The number of rotatable bonds is 3. The van der Waals surface area contributed by atoms with E-state index >= 15 is 0 Å². The van der Waals surface area contributed by atoms with E-state index in [1.165, 1.54) is 0 Å². The lowest BCUT2D eigenvalue weighted by molar-refractivity contribution is 0.0621.